The largest absolute Gasteiger partial charge is 0.573 e. The Morgan fingerprint density at radius 1 is 1.32 bits per heavy atom. The summed E-state index contributed by atoms with van der Waals surface area (Å²) in [6.45, 7) is 3.44. The number of hydrogen-bond acceptors (Lipinski definition) is 3. The van der Waals surface area contributed by atoms with Crippen LogP contribution in [0.1, 0.15) is 25.5 Å². The molecule has 1 aromatic carbocycles. The number of carbonyl (C=O) groups excluding carboxylic acids is 1. The van der Waals surface area contributed by atoms with E-state index in [1.54, 1.807) is 13.8 Å². The van der Waals surface area contributed by atoms with Crippen LogP contribution in [0.3, 0.4) is 0 Å². The van der Waals surface area contributed by atoms with E-state index in [2.05, 4.69) is 10.1 Å². The minimum Gasteiger partial charge on any atom is -0.406 e. The zero-order valence-corrected chi connectivity index (χ0v) is 12.5. The van der Waals surface area contributed by atoms with Crippen LogP contribution >= 0.6 is 0 Å². The van der Waals surface area contributed by atoms with Gasteiger partial charge in [0.25, 0.3) is 0 Å². The molecule has 0 aliphatic heterocycles. The van der Waals surface area contributed by atoms with Gasteiger partial charge in [-0.3, -0.25) is 0 Å². The number of benzene rings is 1. The lowest BCUT2D eigenvalue weighted by atomic mass is 10.1. The summed E-state index contributed by atoms with van der Waals surface area (Å²) in [5.41, 5.74) is 0.633. The molecule has 8 heteroatoms. The summed E-state index contributed by atoms with van der Waals surface area (Å²) >= 11 is 0. The van der Waals surface area contributed by atoms with Crippen LogP contribution in [0.15, 0.2) is 24.3 Å². The van der Waals surface area contributed by atoms with E-state index in [1.807, 2.05) is 0 Å². The highest BCUT2D eigenvalue weighted by atomic mass is 19.4. The number of likely N-dealkylation sites (N-methyl/N-ethyl adjacent to an activating group) is 1. The second kappa shape index (κ2) is 7.35. The van der Waals surface area contributed by atoms with Gasteiger partial charge in [-0.1, -0.05) is 12.1 Å². The molecule has 2 unspecified atom stereocenters. The normalized spacial score (nSPS) is 14.1. The molecule has 2 N–H and O–H groups in total. The Kier molecular flexibility index (Phi) is 6.04. The summed E-state index contributed by atoms with van der Waals surface area (Å²) in [6.07, 6.45) is -5.38. The monoisotopic (exact) mass is 320 g/mol. The van der Waals surface area contributed by atoms with Gasteiger partial charge in [-0.15, -0.1) is 13.2 Å². The summed E-state index contributed by atoms with van der Waals surface area (Å²) in [7, 11) is 1.54. The number of nitrogens with one attached hydrogen (secondary N) is 1. The standard InChI is InChI=1S/C14H19F3N2O3/c1-9(20)8-19(3)13(21)18-10(2)11-4-6-12(7-5-11)22-14(15,16)17/h4-7,9-10,20H,8H2,1-3H3,(H,18,21). The summed E-state index contributed by atoms with van der Waals surface area (Å²) in [5, 5.41) is 11.9. The maximum Gasteiger partial charge on any atom is 0.573 e. The van der Waals surface area contributed by atoms with E-state index in [9.17, 15) is 23.1 Å². The van der Waals surface area contributed by atoms with Gasteiger partial charge in [0.2, 0.25) is 0 Å². The first-order valence-corrected chi connectivity index (χ1v) is 6.64. The number of alkyl halides is 3. The molecule has 0 radical (unpaired) electrons. The molecule has 0 saturated carbocycles. The lowest BCUT2D eigenvalue weighted by molar-refractivity contribution is -0.274. The van der Waals surface area contributed by atoms with Crippen LogP contribution in [0.25, 0.3) is 0 Å². The third-order valence-electron chi connectivity index (χ3n) is 2.84. The molecule has 22 heavy (non-hydrogen) atoms. The number of aliphatic hydroxyl groups is 1. The zero-order chi connectivity index (χ0) is 16.9. The molecule has 0 spiro atoms. The van der Waals surface area contributed by atoms with E-state index in [-0.39, 0.29) is 18.3 Å². The fourth-order valence-electron chi connectivity index (χ4n) is 1.82. The predicted octanol–water partition coefficient (Wildman–Crippen LogP) is 2.67. The lowest BCUT2D eigenvalue weighted by Gasteiger charge is -2.22. The number of halogens is 3. The van der Waals surface area contributed by atoms with Crippen molar-refractivity contribution >= 4 is 6.03 Å². The Morgan fingerprint density at radius 2 is 1.86 bits per heavy atom. The van der Waals surface area contributed by atoms with Gasteiger partial charge in [-0.2, -0.15) is 0 Å². The number of amides is 2. The Hall–Kier alpha value is -1.96. The van der Waals surface area contributed by atoms with Crippen molar-refractivity contribution < 1.29 is 27.8 Å². The second-order valence-corrected chi connectivity index (χ2v) is 5.02. The first-order chi connectivity index (χ1) is 10.1. The van der Waals surface area contributed by atoms with Crippen LogP contribution < -0.4 is 10.1 Å². The molecular formula is C14H19F3N2O3. The maximum atomic E-state index is 12.1. The SMILES string of the molecule is CC(O)CN(C)C(=O)NC(C)c1ccc(OC(F)(F)F)cc1. The highest BCUT2D eigenvalue weighted by Gasteiger charge is 2.31. The van der Waals surface area contributed by atoms with E-state index < -0.39 is 18.5 Å². The molecule has 0 bridgehead atoms. The molecule has 5 nitrogen and oxygen atoms in total. The van der Waals surface area contributed by atoms with Crippen molar-refractivity contribution in [1.29, 1.82) is 0 Å². The van der Waals surface area contributed by atoms with Crippen molar-refractivity contribution in [2.75, 3.05) is 13.6 Å². The average molecular weight is 320 g/mol. The third-order valence-corrected chi connectivity index (χ3v) is 2.84. The summed E-state index contributed by atoms with van der Waals surface area (Å²) < 4.78 is 40.0. The minimum absolute atomic E-state index is 0.177. The molecule has 0 aromatic heterocycles. The summed E-state index contributed by atoms with van der Waals surface area (Å²) in [5.74, 6) is -0.319. The number of urea groups is 1. The molecule has 124 valence electrons. The number of nitrogens with zero attached hydrogens (tertiary/aromatic N) is 1. The van der Waals surface area contributed by atoms with Crippen molar-refractivity contribution in [3.8, 4) is 5.75 Å². The van der Waals surface area contributed by atoms with Crippen molar-refractivity contribution in [1.82, 2.24) is 10.2 Å². The van der Waals surface area contributed by atoms with E-state index in [0.29, 0.717) is 5.56 Å². The van der Waals surface area contributed by atoms with Crippen LogP contribution in [-0.4, -0.2) is 42.1 Å². The van der Waals surface area contributed by atoms with Gasteiger partial charge in [0, 0.05) is 13.6 Å². The number of aliphatic hydroxyl groups excluding tert-OH is 1. The van der Waals surface area contributed by atoms with E-state index in [0.717, 1.165) is 0 Å². The quantitative estimate of drug-likeness (QED) is 0.877. The van der Waals surface area contributed by atoms with E-state index >= 15 is 0 Å². The van der Waals surface area contributed by atoms with Crippen molar-refractivity contribution in [2.24, 2.45) is 0 Å². The second-order valence-electron chi connectivity index (χ2n) is 5.02. The Bertz CT molecular complexity index is 489. The number of carbonyl (C=O) groups is 1. The molecule has 0 aliphatic carbocycles. The van der Waals surface area contributed by atoms with Crippen LogP contribution in [-0.2, 0) is 0 Å². The first kappa shape index (κ1) is 18.1. The molecule has 1 rings (SSSR count). The zero-order valence-electron chi connectivity index (χ0n) is 12.5. The molecule has 0 aliphatic rings. The maximum absolute atomic E-state index is 12.1. The predicted molar refractivity (Wildman–Crippen MR) is 74.4 cm³/mol. The lowest BCUT2D eigenvalue weighted by Crippen LogP contribution is -2.41. The van der Waals surface area contributed by atoms with Crippen LogP contribution in [0.4, 0.5) is 18.0 Å². The first-order valence-electron chi connectivity index (χ1n) is 6.64. The molecule has 2 atom stereocenters. The van der Waals surface area contributed by atoms with Crippen molar-refractivity contribution in [3.05, 3.63) is 29.8 Å². The minimum atomic E-state index is -4.73. The molecule has 0 heterocycles. The molecule has 2 amide bonds. The number of hydrogen-bond donors (Lipinski definition) is 2. The number of ether oxygens (including phenoxy) is 1. The van der Waals surface area contributed by atoms with Gasteiger partial charge >= 0.3 is 12.4 Å². The summed E-state index contributed by atoms with van der Waals surface area (Å²) in [4.78, 5) is 13.2. The fourth-order valence-corrected chi connectivity index (χ4v) is 1.82. The average Bonchev–Trinajstić information content (AvgIpc) is 2.36. The Balaban J connectivity index is 2.62. The molecule has 1 aromatic rings. The van der Waals surface area contributed by atoms with Crippen LogP contribution in [0.2, 0.25) is 0 Å². The Morgan fingerprint density at radius 3 is 2.32 bits per heavy atom. The van der Waals surface area contributed by atoms with E-state index in [1.165, 1.54) is 36.2 Å². The topological polar surface area (TPSA) is 61.8 Å². The number of rotatable bonds is 5. The van der Waals surface area contributed by atoms with Gasteiger partial charge in [0.15, 0.2) is 0 Å². The Labute approximate surface area is 126 Å². The highest BCUT2D eigenvalue weighted by molar-refractivity contribution is 5.74. The summed E-state index contributed by atoms with van der Waals surface area (Å²) in [6, 6.07) is 4.48. The van der Waals surface area contributed by atoms with Gasteiger partial charge in [-0.25, -0.2) is 4.79 Å². The smallest absolute Gasteiger partial charge is 0.406 e. The van der Waals surface area contributed by atoms with Crippen molar-refractivity contribution in [2.45, 2.75) is 32.4 Å². The molecule has 0 saturated heterocycles. The van der Waals surface area contributed by atoms with E-state index in [4.69, 9.17) is 0 Å². The van der Waals surface area contributed by atoms with Crippen LogP contribution in [0, 0.1) is 0 Å². The molecule has 0 fully saturated rings. The van der Waals surface area contributed by atoms with Crippen molar-refractivity contribution in [3.63, 3.8) is 0 Å². The fraction of sp³-hybridized carbons (Fsp3) is 0.500. The van der Waals surface area contributed by atoms with Gasteiger partial charge < -0.3 is 20.1 Å². The third kappa shape index (κ3) is 6.21. The van der Waals surface area contributed by atoms with Gasteiger partial charge in [0.1, 0.15) is 5.75 Å². The molecular weight excluding hydrogens is 301 g/mol. The van der Waals surface area contributed by atoms with Gasteiger partial charge in [-0.05, 0) is 31.5 Å². The highest BCUT2D eigenvalue weighted by Crippen LogP contribution is 2.24. The van der Waals surface area contributed by atoms with Crippen LogP contribution in [0.5, 0.6) is 5.75 Å². The van der Waals surface area contributed by atoms with Gasteiger partial charge in [0.05, 0.1) is 12.1 Å².